The molecular formula is C22H29N3O5. The Morgan fingerprint density at radius 2 is 1.93 bits per heavy atom. The van der Waals surface area contributed by atoms with Gasteiger partial charge in [0.1, 0.15) is 0 Å². The molecule has 1 aromatic rings. The molecule has 30 heavy (non-hydrogen) atoms. The minimum absolute atomic E-state index is 0.0747. The van der Waals surface area contributed by atoms with Crippen molar-refractivity contribution in [1.82, 2.24) is 4.90 Å². The van der Waals surface area contributed by atoms with Crippen molar-refractivity contribution in [1.29, 1.82) is 0 Å². The highest BCUT2D eigenvalue weighted by Gasteiger charge is 2.42. The summed E-state index contributed by atoms with van der Waals surface area (Å²) < 4.78 is 5.13. The molecule has 0 spiro atoms. The van der Waals surface area contributed by atoms with E-state index in [0.717, 1.165) is 37.1 Å². The van der Waals surface area contributed by atoms with Gasteiger partial charge in [0.2, 0.25) is 5.91 Å². The number of hydrogen-bond donors (Lipinski definition) is 0. The molecular weight excluding hydrogens is 386 g/mol. The lowest BCUT2D eigenvalue weighted by Crippen LogP contribution is -2.55. The van der Waals surface area contributed by atoms with Gasteiger partial charge in [-0.2, -0.15) is 0 Å². The molecule has 3 aliphatic rings. The molecule has 3 aliphatic heterocycles. The normalized spacial score (nSPS) is 24.0. The molecule has 0 aliphatic carbocycles. The zero-order valence-electron chi connectivity index (χ0n) is 17.4. The second-order valence-electron chi connectivity index (χ2n) is 8.49. The first-order valence-corrected chi connectivity index (χ1v) is 11.0. The number of hydrogen-bond acceptors (Lipinski definition) is 6. The van der Waals surface area contributed by atoms with E-state index in [1.165, 1.54) is 0 Å². The average molecular weight is 415 g/mol. The Morgan fingerprint density at radius 1 is 1.17 bits per heavy atom. The third-order valence-electron chi connectivity index (χ3n) is 6.78. The maximum Gasteiger partial charge on any atom is 0.309 e. The molecule has 162 valence electrons. The van der Waals surface area contributed by atoms with Crippen LogP contribution in [-0.4, -0.2) is 54.0 Å². The summed E-state index contributed by atoms with van der Waals surface area (Å²) in [5.41, 5.74) is 2.00. The summed E-state index contributed by atoms with van der Waals surface area (Å²) >= 11 is 0. The van der Waals surface area contributed by atoms with E-state index < -0.39 is 0 Å². The van der Waals surface area contributed by atoms with E-state index in [4.69, 9.17) is 4.74 Å². The van der Waals surface area contributed by atoms with Gasteiger partial charge in [-0.05, 0) is 57.1 Å². The van der Waals surface area contributed by atoms with Crippen LogP contribution >= 0.6 is 0 Å². The summed E-state index contributed by atoms with van der Waals surface area (Å²) in [6.07, 6.45) is 4.93. The second kappa shape index (κ2) is 8.62. The number of nitro benzene ring substituents is 1. The number of amides is 1. The van der Waals surface area contributed by atoms with E-state index in [-0.39, 0.29) is 40.4 Å². The van der Waals surface area contributed by atoms with Gasteiger partial charge in [-0.15, -0.1) is 0 Å². The first kappa shape index (κ1) is 20.6. The number of nitro groups is 1. The Labute approximate surface area is 176 Å². The van der Waals surface area contributed by atoms with Gasteiger partial charge in [0.05, 0.1) is 23.4 Å². The lowest BCUT2D eigenvalue weighted by Gasteiger charge is -2.47. The molecule has 2 saturated heterocycles. The minimum atomic E-state index is -0.375. The van der Waals surface area contributed by atoms with E-state index in [1.54, 1.807) is 19.1 Å². The number of nitrogens with zero attached hydrogens (tertiary/aromatic N) is 3. The summed E-state index contributed by atoms with van der Waals surface area (Å²) in [6.45, 7) is 4.19. The van der Waals surface area contributed by atoms with E-state index in [0.29, 0.717) is 39.0 Å². The van der Waals surface area contributed by atoms with Crippen molar-refractivity contribution in [3.63, 3.8) is 0 Å². The van der Waals surface area contributed by atoms with E-state index in [1.807, 2.05) is 11.0 Å². The van der Waals surface area contributed by atoms with Gasteiger partial charge < -0.3 is 14.5 Å². The second-order valence-corrected chi connectivity index (χ2v) is 8.49. The Balaban J connectivity index is 1.52. The topological polar surface area (TPSA) is 93.0 Å². The molecule has 2 fully saturated rings. The molecule has 0 radical (unpaired) electrons. The minimum Gasteiger partial charge on any atom is -0.466 e. The monoisotopic (exact) mass is 415 g/mol. The lowest BCUT2D eigenvalue weighted by atomic mass is 9.79. The zero-order chi connectivity index (χ0) is 21.3. The van der Waals surface area contributed by atoms with Crippen molar-refractivity contribution < 1.29 is 19.2 Å². The molecule has 0 saturated carbocycles. The maximum atomic E-state index is 13.5. The van der Waals surface area contributed by atoms with Crippen molar-refractivity contribution in [2.45, 2.75) is 51.5 Å². The molecule has 8 nitrogen and oxygen atoms in total. The Kier molecular flexibility index (Phi) is 5.92. The molecule has 0 N–H and O–H groups in total. The lowest BCUT2D eigenvalue weighted by molar-refractivity contribution is -0.384. The molecule has 2 atom stereocenters. The quantitative estimate of drug-likeness (QED) is 0.426. The predicted octanol–water partition coefficient (Wildman–Crippen LogP) is 2.93. The largest absolute Gasteiger partial charge is 0.466 e. The van der Waals surface area contributed by atoms with E-state index >= 15 is 0 Å². The molecule has 1 amide bonds. The average Bonchev–Trinajstić information content (AvgIpc) is 2.78. The SMILES string of the molecule is CCOC(=O)C1CCN(C(=O)C2Cc3cc([N+](=O)[O-])ccc3N3CCCCC23)CC1. The molecule has 0 aromatic heterocycles. The van der Waals surface area contributed by atoms with Crippen LogP contribution in [0.5, 0.6) is 0 Å². The number of piperidine rings is 2. The van der Waals surface area contributed by atoms with Crippen molar-refractivity contribution in [2.24, 2.45) is 11.8 Å². The fourth-order valence-electron chi connectivity index (χ4n) is 5.26. The molecule has 4 rings (SSSR count). The third kappa shape index (κ3) is 3.87. The number of carbonyl (C=O) groups is 2. The number of carbonyl (C=O) groups excluding carboxylic acids is 2. The van der Waals surface area contributed by atoms with Crippen LogP contribution in [-0.2, 0) is 20.7 Å². The Hall–Kier alpha value is -2.64. The van der Waals surface area contributed by atoms with Crippen LogP contribution in [0.3, 0.4) is 0 Å². The smallest absolute Gasteiger partial charge is 0.309 e. The highest BCUT2D eigenvalue weighted by atomic mass is 16.6. The first-order chi connectivity index (χ1) is 14.5. The van der Waals surface area contributed by atoms with Gasteiger partial charge in [0, 0.05) is 43.5 Å². The molecule has 2 unspecified atom stereocenters. The molecule has 0 bridgehead atoms. The van der Waals surface area contributed by atoms with Crippen molar-refractivity contribution in [3.05, 3.63) is 33.9 Å². The van der Waals surface area contributed by atoms with E-state index in [9.17, 15) is 19.7 Å². The van der Waals surface area contributed by atoms with Crippen LogP contribution in [0.25, 0.3) is 0 Å². The van der Waals surface area contributed by atoms with Gasteiger partial charge in [-0.25, -0.2) is 0 Å². The van der Waals surface area contributed by atoms with Crippen molar-refractivity contribution in [3.8, 4) is 0 Å². The Morgan fingerprint density at radius 3 is 2.63 bits per heavy atom. The van der Waals surface area contributed by atoms with Crippen LogP contribution in [0, 0.1) is 22.0 Å². The summed E-state index contributed by atoms with van der Waals surface area (Å²) in [4.78, 5) is 40.5. The highest BCUT2D eigenvalue weighted by molar-refractivity contribution is 5.83. The van der Waals surface area contributed by atoms with Gasteiger partial charge in [-0.3, -0.25) is 19.7 Å². The fourth-order valence-corrected chi connectivity index (χ4v) is 5.26. The molecule has 1 aromatic carbocycles. The fraction of sp³-hybridized carbons (Fsp3) is 0.636. The predicted molar refractivity (Wildman–Crippen MR) is 111 cm³/mol. The van der Waals surface area contributed by atoms with Gasteiger partial charge in [-0.1, -0.05) is 0 Å². The van der Waals surface area contributed by atoms with Gasteiger partial charge in [0.25, 0.3) is 5.69 Å². The van der Waals surface area contributed by atoms with Crippen LogP contribution < -0.4 is 4.90 Å². The maximum absolute atomic E-state index is 13.5. The summed E-state index contributed by atoms with van der Waals surface area (Å²) in [6, 6.07) is 5.18. The molecule has 8 heteroatoms. The number of fused-ring (bicyclic) bond motifs is 3. The standard InChI is InChI=1S/C22H29N3O5/c1-2-30-22(27)15-8-11-23(12-9-15)21(26)18-14-16-13-17(25(28)29)6-7-19(16)24-10-4-3-5-20(18)24/h6-7,13,15,18,20H,2-5,8-12,14H2,1H3. The van der Waals surface area contributed by atoms with Gasteiger partial charge in [0.15, 0.2) is 0 Å². The number of non-ortho nitro benzene ring substituents is 1. The summed E-state index contributed by atoms with van der Waals surface area (Å²) in [7, 11) is 0. The summed E-state index contributed by atoms with van der Waals surface area (Å²) in [5, 5.41) is 11.2. The number of rotatable bonds is 4. The van der Waals surface area contributed by atoms with Crippen LogP contribution in [0.1, 0.15) is 44.6 Å². The van der Waals surface area contributed by atoms with Crippen molar-refractivity contribution >= 4 is 23.3 Å². The number of benzene rings is 1. The third-order valence-corrected chi connectivity index (χ3v) is 6.78. The van der Waals surface area contributed by atoms with Gasteiger partial charge >= 0.3 is 5.97 Å². The van der Waals surface area contributed by atoms with Crippen molar-refractivity contribution in [2.75, 3.05) is 31.1 Å². The highest BCUT2D eigenvalue weighted by Crippen LogP contribution is 2.40. The first-order valence-electron chi connectivity index (χ1n) is 11.0. The number of anilines is 1. The van der Waals surface area contributed by atoms with Crippen LogP contribution in [0.15, 0.2) is 18.2 Å². The van der Waals surface area contributed by atoms with E-state index in [2.05, 4.69) is 4.90 Å². The molecule has 3 heterocycles. The van der Waals surface area contributed by atoms with Crippen LogP contribution in [0.4, 0.5) is 11.4 Å². The Bertz CT molecular complexity index is 834. The number of likely N-dealkylation sites (tertiary alicyclic amines) is 1. The van der Waals surface area contributed by atoms with Crippen LogP contribution in [0.2, 0.25) is 0 Å². The zero-order valence-corrected chi connectivity index (χ0v) is 17.4. The number of ether oxygens (including phenoxy) is 1. The summed E-state index contributed by atoms with van der Waals surface area (Å²) in [5.74, 6) is -0.373. The number of esters is 1.